The van der Waals surface area contributed by atoms with Crippen LogP contribution < -0.4 is 10.5 Å². The summed E-state index contributed by atoms with van der Waals surface area (Å²) in [6.45, 7) is 0.454. The van der Waals surface area contributed by atoms with Crippen molar-refractivity contribution in [3.05, 3.63) is 83.1 Å². The van der Waals surface area contributed by atoms with Gasteiger partial charge in [-0.05, 0) is 35.4 Å². The van der Waals surface area contributed by atoms with Crippen LogP contribution in [0.1, 0.15) is 5.56 Å². The average Bonchev–Trinajstić information content (AvgIpc) is 2.57. The van der Waals surface area contributed by atoms with Gasteiger partial charge in [0.25, 0.3) is 0 Å². The van der Waals surface area contributed by atoms with E-state index in [2.05, 4.69) is 0 Å². The molecule has 2 N–H and O–H groups in total. The largest absolute Gasteiger partial charge is 0.489 e. The van der Waals surface area contributed by atoms with Crippen molar-refractivity contribution in [2.75, 3.05) is 5.73 Å². The Morgan fingerprint density at radius 2 is 1.74 bits per heavy atom. The van der Waals surface area contributed by atoms with E-state index >= 15 is 0 Å². The number of ether oxygens (including phenoxy) is 1. The Morgan fingerprint density at radius 1 is 0.957 bits per heavy atom. The van der Waals surface area contributed by atoms with E-state index in [-0.39, 0.29) is 5.02 Å². The number of halogens is 2. The van der Waals surface area contributed by atoms with Gasteiger partial charge in [-0.2, -0.15) is 0 Å². The fourth-order valence-corrected chi connectivity index (χ4v) is 2.43. The molecule has 2 nitrogen and oxygen atoms in total. The van der Waals surface area contributed by atoms with Gasteiger partial charge in [0.15, 0.2) is 0 Å². The minimum Gasteiger partial charge on any atom is -0.489 e. The highest BCUT2D eigenvalue weighted by atomic mass is 35.5. The number of nitrogens with two attached hydrogens (primary N) is 1. The highest BCUT2D eigenvalue weighted by molar-refractivity contribution is 6.33. The molecule has 0 aliphatic rings. The predicted octanol–water partition coefficient (Wildman–Crippen LogP) is 5.31. The first kappa shape index (κ1) is 15.4. The van der Waals surface area contributed by atoms with Crippen molar-refractivity contribution in [2.24, 2.45) is 0 Å². The molecule has 3 aromatic rings. The molecule has 0 fully saturated rings. The summed E-state index contributed by atoms with van der Waals surface area (Å²) >= 11 is 5.83. The van der Waals surface area contributed by atoms with E-state index in [0.29, 0.717) is 29.2 Å². The number of anilines is 1. The first-order chi connectivity index (χ1) is 11.1. The third-order valence-corrected chi connectivity index (χ3v) is 3.81. The Kier molecular flexibility index (Phi) is 4.49. The Hall–Kier alpha value is -2.52. The van der Waals surface area contributed by atoms with Crippen molar-refractivity contribution < 1.29 is 9.13 Å². The number of benzene rings is 3. The van der Waals surface area contributed by atoms with Crippen molar-refractivity contribution in [1.29, 1.82) is 0 Å². The van der Waals surface area contributed by atoms with Crippen LogP contribution in [0.4, 0.5) is 10.1 Å². The van der Waals surface area contributed by atoms with Crippen LogP contribution in [0, 0.1) is 5.82 Å². The maximum atomic E-state index is 14.1. The van der Waals surface area contributed by atoms with Crippen LogP contribution in [0.2, 0.25) is 5.02 Å². The summed E-state index contributed by atoms with van der Waals surface area (Å²) in [5, 5.41) is 0.211. The fourth-order valence-electron chi connectivity index (χ4n) is 2.28. The smallest absolute Gasteiger partial charge is 0.132 e. The van der Waals surface area contributed by atoms with Crippen LogP contribution in [0.3, 0.4) is 0 Å². The molecular weight excluding hydrogens is 313 g/mol. The van der Waals surface area contributed by atoms with Gasteiger partial charge in [-0.1, -0.05) is 54.1 Å². The monoisotopic (exact) mass is 327 g/mol. The predicted molar refractivity (Wildman–Crippen MR) is 92.0 cm³/mol. The van der Waals surface area contributed by atoms with E-state index in [1.807, 2.05) is 42.5 Å². The molecule has 23 heavy (non-hydrogen) atoms. The molecule has 0 saturated heterocycles. The van der Waals surface area contributed by atoms with E-state index in [1.165, 1.54) is 12.1 Å². The quantitative estimate of drug-likeness (QED) is 0.659. The molecular formula is C19H15ClFNO. The summed E-state index contributed by atoms with van der Waals surface area (Å²) in [4.78, 5) is 0. The first-order valence-corrected chi connectivity index (χ1v) is 7.53. The maximum absolute atomic E-state index is 14.1. The summed E-state index contributed by atoms with van der Waals surface area (Å²) in [5.41, 5.74) is 8.28. The number of hydrogen-bond donors (Lipinski definition) is 1. The molecule has 0 atom stereocenters. The van der Waals surface area contributed by atoms with E-state index in [9.17, 15) is 4.39 Å². The lowest BCUT2D eigenvalue weighted by Gasteiger charge is -2.10. The molecule has 0 aromatic heterocycles. The van der Waals surface area contributed by atoms with E-state index in [1.54, 1.807) is 12.1 Å². The molecule has 0 unspecified atom stereocenters. The Balaban J connectivity index is 1.84. The lowest BCUT2D eigenvalue weighted by molar-refractivity contribution is 0.306. The second-order valence-corrected chi connectivity index (χ2v) is 5.56. The lowest BCUT2D eigenvalue weighted by Crippen LogP contribution is -1.96. The second kappa shape index (κ2) is 6.71. The molecule has 4 heteroatoms. The number of nitrogen functional groups attached to an aromatic ring is 1. The summed E-state index contributed by atoms with van der Waals surface area (Å²) in [6, 6.07) is 19.9. The standard InChI is InChI=1S/C19H15ClFNO/c20-17-11-18(21)16(10-19(17)22)14-7-4-8-15(9-14)23-12-13-5-2-1-3-6-13/h1-11H,12,22H2. The summed E-state index contributed by atoms with van der Waals surface area (Å²) in [6.07, 6.45) is 0. The SMILES string of the molecule is Nc1cc(-c2cccc(OCc3ccccc3)c2)c(F)cc1Cl. The fraction of sp³-hybridized carbons (Fsp3) is 0.0526. The van der Waals surface area contributed by atoms with E-state index in [4.69, 9.17) is 22.1 Å². The highest BCUT2D eigenvalue weighted by Gasteiger charge is 2.10. The van der Waals surface area contributed by atoms with Gasteiger partial charge < -0.3 is 10.5 Å². The van der Waals surface area contributed by atoms with Crippen LogP contribution in [0.5, 0.6) is 5.75 Å². The maximum Gasteiger partial charge on any atom is 0.132 e. The third kappa shape index (κ3) is 3.63. The minimum atomic E-state index is -0.413. The van der Waals surface area contributed by atoms with Crippen molar-refractivity contribution in [3.8, 4) is 16.9 Å². The Morgan fingerprint density at radius 3 is 2.52 bits per heavy atom. The zero-order valence-corrected chi connectivity index (χ0v) is 13.1. The van der Waals surface area contributed by atoms with Crippen LogP contribution in [0.25, 0.3) is 11.1 Å². The van der Waals surface area contributed by atoms with E-state index < -0.39 is 5.82 Å². The van der Waals surface area contributed by atoms with Crippen LogP contribution in [0.15, 0.2) is 66.7 Å². The van der Waals surface area contributed by atoms with Gasteiger partial charge in [-0.25, -0.2) is 4.39 Å². The van der Waals surface area contributed by atoms with Gasteiger partial charge in [0, 0.05) is 5.56 Å². The molecule has 0 heterocycles. The van der Waals surface area contributed by atoms with E-state index in [0.717, 1.165) is 5.56 Å². The molecule has 0 aliphatic carbocycles. The first-order valence-electron chi connectivity index (χ1n) is 7.15. The summed E-state index contributed by atoms with van der Waals surface area (Å²) in [7, 11) is 0. The van der Waals surface area contributed by atoms with Crippen molar-refractivity contribution in [2.45, 2.75) is 6.61 Å². The van der Waals surface area contributed by atoms with Crippen LogP contribution in [-0.4, -0.2) is 0 Å². The zero-order chi connectivity index (χ0) is 16.2. The summed E-state index contributed by atoms with van der Waals surface area (Å²) < 4.78 is 19.9. The molecule has 0 bridgehead atoms. The number of hydrogen-bond acceptors (Lipinski definition) is 2. The minimum absolute atomic E-state index is 0.211. The molecule has 0 radical (unpaired) electrons. The van der Waals surface area contributed by atoms with Gasteiger partial charge >= 0.3 is 0 Å². The highest BCUT2D eigenvalue weighted by Crippen LogP contribution is 2.31. The van der Waals surface area contributed by atoms with Gasteiger partial charge in [-0.15, -0.1) is 0 Å². The van der Waals surface area contributed by atoms with Crippen molar-refractivity contribution >= 4 is 17.3 Å². The van der Waals surface area contributed by atoms with Crippen LogP contribution >= 0.6 is 11.6 Å². The third-order valence-electron chi connectivity index (χ3n) is 3.48. The molecule has 116 valence electrons. The van der Waals surface area contributed by atoms with Gasteiger partial charge in [0.2, 0.25) is 0 Å². The average molecular weight is 328 g/mol. The van der Waals surface area contributed by atoms with Crippen molar-refractivity contribution in [3.63, 3.8) is 0 Å². The Bertz CT molecular complexity index is 821. The number of rotatable bonds is 4. The Labute approximate surface area is 139 Å². The topological polar surface area (TPSA) is 35.2 Å². The van der Waals surface area contributed by atoms with Crippen molar-refractivity contribution in [1.82, 2.24) is 0 Å². The summed E-state index contributed by atoms with van der Waals surface area (Å²) in [5.74, 6) is 0.253. The molecule has 0 spiro atoms. The molecule has 3 aromatic carbocycles. The molecule has 0 amide bonds. The second-order valence-electron chi connectivity index (χ2n) is 5.16. The van der Waals surface area contributed by atoms with Crippen LogP contribution in [-0.2, 0) is 6.61 Å². The van der Waals surface area contributed by atoms with Gasteiger partial charge in [-0.3, -0.25) is 0 Å². The molecule has 0 saturated carbocycles. The van der Waals surface area contributed by atoms with Gasteiger partial charge in [0.05, 0.1) is 10.7 Å². The zero-order valence-electron chi connectivity index (χ0n) is 12.3. The van der Waals surface area contributed by atoms with Gasteiger partial charge in [0.1, 0.15) is 18.2 Å². The normalized spacial score (nSPS) is 10.5. The molecule has 3 rings (SSSR count). The lowest BCUT2D eigenvalue weighted by atomic mass is 10.0. The molecule has 0 aliphatic heterocycles.